The van der Waals surface area contributed by atoms with Crippen LogP contribution in [-0.2, 0) is 0 Å². The Kier molecular flexibility index (Phi) is 4.93. The topological polar surface area (TPSA) is 85.4 Å². The van der Waals surface area contributed by atoms with Crippen LogP contribution >= 0.6 is 24.0 Å². The van der Waals surface area contributed by atoms with Gasteiger partial charge in [0, 0.05) is 0 Å². The van der Waals surface area contributed by atoms with E-state index in [1.54, 1.807) is 0 Å². The van der Waals surface area contributed by atoms with Crippen molar-refractivity contribution in [1.82, 2.24) is 15.4 Å². The number of nitrogens with zero attached hydrogens (tertiary/aromatic N) is 3. The molecule has 1 aromatic heterocycles. The maximum absolute atomic E-state index is 5.68. The van der Waals surface area contributed by atoms with Gasteiger partial charge in [-0.15, -0.1) is 0 Å². The number of hydrogen-bond donors (Lipinski definition) is 2. The van der Waals surface area contributed by atoms with Gasteiger partial charge in [0.1, 0.15) is 5.69 Å². The lowest BCUT2D eigenvalue weighted by atomic mass is 10.4. The Morgan fingerprint density at radius 3 is 3.00 bits per heavy atom. The van der Waals surface area contributed by atoms with Gasteiger partial charge in [0.05, 0.1) is 19.5 Å². The van der Waals surface area contributed by atoms with Crippen LogP contribution in [-0.4, -0.2) is 33.5 Å². The van der Waals surface area contributed by atoms with Crippen LogP contribution in [0.5, 0.6) is 5.88 Å². The molecule has 8 heteroatoms. The molecule has 6 nitrogen and oxygen atoms in total. The van der Waals surface area contributed by atoms with Crippen LogP contribution in [0.25, 0.3) is 0 Å². The molecule has 0 atom stereocenters. The van der Waals surface area contributed by atoms with Crippen LogP contribution < -0.4 is 15.9 Å². The Morgan fingerprint density at radius 1 is 1.62 bits per heavy atom. The molecule has 0 aliphatic rings. The van der Waals surface area contributed by atoms with E-state index in [1.165, 1.54) is 31.3 Å². The van der Waals surface area contributed by atoms with Crippen molar-refractivity contribution in [3.05, 3.63) is 18.1 Å². The van der Waals surface area contributed by atoms with Gasteiger partial charge in [0.15, 0.2) is 10.2 Å². The van der Waals surface area contributed by atoms with E-state index in [0.717, 1.165) is 0 Å². The highest BCUT2D eigenvalue weighted by molar-refractivity contribution is 8.22. The molecular weight excluding hydrogens is 246 g/mol. The number of nitrogens with two attached hydrogens (primary N) is 1. The first kappa shape index (κ1) is 12.7. The lowest BCUT2D eigenvalue weighted by Crippen LogP contribution is -2.22. The van der Waals surface area contributed by atoms with Crippen molar-refractivity contribution in [2.24, 2.45) is 10.8 Å². The van der Waals surface area contributed by atoms with Gasteiger partial charge in [0.2, 0.25) is 5.88 Å². The SMILES string of the molecule is COc1cncc(/C(N)=N\NC(=S)SC)n1. The Bertz CT molecular complexity index is 409. The zero-order chi connectivity index (χ0) is 12.0. The maximum Gasteiger partial charge on any atom is 0.232 e. The van der Waals surface area contributed by atoms with Gasteiger partial charge in [-0.3, -0.25) is 10.4 Å². The number of aromatic nitrogens is 2. The number of thioether (sulfide) groups is 1. The van der Waals surface area contributed by atoms with Crippen molar-refractivity contribution in [3.8, 4) is 5.88 Å². The normalized spacial score (nSPS) is 11.0. The zero-order valence-electron chi connectivity index (χ0n) is 8.80. The van der Waals surface area contributed by atoms with Crippen molar-refractivity contribution < 1.29 is 4.74 Å². The smallest absolute Gasteiger partial charge is 0.232 e. The quantitative estimate of drug-likeness (QED) is 0.349. The first-order valence-corrected chi connectivity index (χ1v) is 5.84. The van der Waals surface area contributed by atoms with Gasteiger partial charge in [-0.05, 0) is 6.26 Å². The van der Waals surface area contributed by atoms with Crippen molar-refractivity contribution in [1.29, 1.82) is 0 Å². The minimum absolute atomic E-state index is 0.197. The van der Waals surface area contributed by atoms with E-state index < -0.39 is 0 Å². The molecule has 0 unspecified atom stereocenters. The lowest BCUT2D eigenvalue weighted by molar-refractivity contribution is 0.395. The fourth-order valence-electron chi connectivity index (χ4n) is 0.779. The third-order valence-electron chi connectivity index (χ3n) is 1.54. The number of methoxy groups -OCH3 is 1. The Balaban J connectivity index is 2.78. The molecule has 0 aromatic carbocycles. The standard InChI is InChI=1S/C8H11N5OS2/c1-14-6-4-10-3-5(11-6)7(9)12-13-8(15)16-2/h3-4H,1-2H3,(H2,9,12)(H,13,15). The van der Waals surface area contributed by atoms with E-state index in [-0.39, 0.29) is 5.84 Å². The summed E-state index contributed by atoms with van der Waals surface area (Å²) in [6.45, 7) is 0. The molecule has 1 rings (SSSR count). The number of rotatable bonds is 3. The van der Waals surface area contributed by atoms with E-state index >= 15 is 0 Å². The minimum atomic E-state index is 0.197. The minimum Gasteiger partial charge on any atom is -0.480 e. The average Bonchev–Trinajstić information content (AvgIpc) is 2.35. The molecule has 0 radical (unpaired) electrons. The average molecular weight is 257 g/mol. The van der Waals surface area contributed by atoms with E-state index in [2.05, 4.69) is 20.5 Å². The van der Waals surface area contributed by atoms with Crippen molar-refractivity contribution in [2.75, 3.05) is 13.4 Å². The summed E-state index contributed by atoms with van der Waals surface area (Å²) in [5.74, 6) is 0.575. The van der Waals surface area contributed by atoms with E-state index in [1.807, 2.05) is 6.26 Å². The fraction of sp³-hybridized carbons (Fsp3) is 0.250. The molecule has 86 valence electrons. The molecule has 16 heavy (non-hydrogen) atoms. The van der Waals surface area contributed by atoms with Crippen LogP contribution in [0.2, 0.25) is 0 Å². The molecule has 0 aliphatic heterocycles. The van der Waals surface area contributed by atoms with E-state index in [4.69, 9.17) is 22.7 Å². The molecule has 1 heterocycles. The second-order valence-corrected chi connectivity index (χ2v) is 4.03. The predicted octanol–water partition coefficient (Wildman–Crippen LogP) is 0.343. The van der Waals surface area contributed by atoms with Crippen LogP contribution in [0, 0.1) is 0 Å². The summed E-state index contributed by atoms with van der Waals surface area (Å²) in [4.78, 5) is 7.97. The monoisotopic (exact) mass is 257 g/mol. The third-order valence-corrected chi connectivity index (χ3v) is 2.59. The summed E-state index contributed by atoms with van der Waals surface area (Å²) in [5.41, 5.74) is 8.73. The largest absolute Gasteiger partial charge is 0.480 e. The molecule has 0 spiro atoms. The van der Waals surface area contributed by atoms with E-state index in [9.17, 15) is 0 Å². The second kappa shape index (κ2) is 6.23. The molecule has 0 fully saturated rings. The summed E-state index contributed by atoms with van der Waals surface area (Å²) >= 11 is 6.27. The van der Waals surface area contributed by atoms with Gasteiger partial charge in [-0.2, -0.15) is 5.10 Å². The van der Waals surface area contributed by atoms with Crippen molar-refractivity contribution in [3.63, 3.8) is 0 Å². The molecule has 1 aromatic rings. The number of ether oxygens (including phenoxy) is 1. The number of hydrogen-bond acceptors (Lipinski definition) is 6. The van der Waals surface area contributed by atoms with Crippen LogP contribution in [0.1, 0.15) is 5.69 Å². The van der Waals surface area contributed by atoms with Gasteiger partial charge < -0.3 is 10.5 Å². The van der Waals surface area contributed by atoms with Gasteiger partial charge >= 0.3 is 0 Å². The zero-order valence-corrected chi connectivity index (χ0v) is 10.4. The summed E-state index contributed by atoms with van der Waals surface area (Å²) in [6.07, 6.45) is 4.81. The molecule has 0 bridgehead atoms. The highest BCUT2D eigenvalue weighted by Crippen LogP contribution is 2.03. The van der Waals surface area contributed by atoms with Crippen LogP contribution in [0.15, 0.2) is 17.5 Å². The maximum atomic E-state index is 5.68. The second-order valence-electron chi connectivity index (χ2n) is 2.55. The van der Waals surface area contributed by atoms with Gasteiger partial charge in [0.25, 0.3) is 0 Å². The summed E-state index contributed by atoms with van der Waals surface area (Å²) < 4.78 is 5.44. The molecule has 0 amide bonds. The molecule has 0 saturated carbocycles. The van der Waals surface area contributed by atoms with Crippen molar-refractivity contribution >= 4 is 34.1 Å². The number of amidine groups is 1. The number of hydrazone groups is 1. The summed E-state index contributed by atoms with van der Waals surface area (Å²) in [5, 5.41) is 3.86. The van der Waals surface area contributed by atoms with E-state index in [0.29, 0.717) is 15.9 Å². The molecule has 0 aliphatic carbocycles. The fourth-order valence-corrected chi connectivity index (χ4v) is 0.961. The van der Waals surface area contributed by atoms with Gasteiger partial charge in [-0.25, -0.2) is 4.98 Å². The summed E-state index contributed by atoms with van der Waals surface area (Å²) in [6, 6.07) is 0. The van der Waals surface area contributed by atoms with Gasteiger partial charge in [-0.1, -0.05) is 24.0 Å². The highest BCUT2D eigenvalue weighted by Gasteiger charge is 2.03. The Morgan fingerprint density at radius 2 is 2.38 bits per heavy atom. The third kappa shape index (κ3) is 3.63. The predicted molar refractivity (Wildman–Crippen MR) is 68.6 cm³/mol. The van der Waals surface area contributed by atoms with Crippen LogP contribution in [0.4, 0.5) is 0 Å². The Labute approximate surface area is 103 Å². The molecule has 0 saturated heterocycles. The number of nitrogens with one attached hydrogen (secondary N) is 1. The first-order chi connectivity index (χ1) is 7.67. The first-order valence-electron chi connectivity index (χ1n) is 4.21. The van der Waals surface area contributed by atoms with Crippen molar-refractivity contribution in [2.45, 2.75) is 0 Å². The highest BCUT2D eigenvalue weighted by atomic mass is 32.2. The van der Waals surface area contributed by atoms with Crippen LogP contribution in [0.3, 0.4) is 0 Å². The lowest BCUT2D eigenvalue weighted by Gasteiger charge is -2.03. The molecular formula is C8H11N5OS2. The molecule has 3 N–H and O–H groups in total. The number of thiocarbonyl (C=S) groups is 1. The summed E-state index contributed by atoms with van der Waals surface area (Å²) in [7, 11) is 1.50. The Hall–Kier alpha value is -1.41.